The van der Waals surface area contributed by atoms with Gasteiger partial charge >= 0.3 is 0 Å². The standard InChI is InChI=1S/C15H30N2/c1-13(2)10-15(12-16-5)6-8-17(9-7-15)11-14(3)4/h14,16H,1,6-12H2,2-5H3. The first-order valence-corrected chi connectivity index (χ1v) is 6.99. The molecule has 1 N–H and O–H groups in total. The van der Waals surface area contributed by atoms with E-state index in [1.807, 2.05) is 0 Å². The zero-order valence-electron chi connectivity index (χ0n) is 12.2. The summed E-state index contributed by atoms with van der Waals surface area (Å²) < 4.78 is 0. The SMILES string of the molecule is C=C(C)CC1(CNC)CCN(CC(C)C)CC1. The van der Waals surface area contributed by atoms with Gasteiger partial charge in [0.2, 0.25) is 0 Å². The van der Waals surface area contributed by atoms with Gasteiger partial charge in [0.1, 0.15) is 0 Å². The van der Waals surface area contributed by atoms with E-state index in [1.165, 1.54) is 44.5 Å². The quantitative estimate of drug-likeness (QED) is 0.716. The summed E-state index contributed by atoms with van der Waals surface area (Å²) in [6.07, 6.45) is 3.81. The largest absolute Gasteiger partial charge is 0.319 e. The average molecular weight is 238 g/mol. The second-order valence-corrected chi connectivity index (χ2v) is 6.36. The van der Waals surface area contributed by atoms with Gasteiger partial charge in [-0.05, 0) is 57.7 Å². The molecule has 1 fully saturated rings. The van der Waals surface area contributed by atoms with Gasteiger partial charge in [-0.3, -0.25) is 0 Å². The highest BCUT2D eigenvalue weighted by atomic mass is 15.1. The van der Waals surface area contributed by atoms with Crippen LogP contribution in [-0.2, 0) is 0 Å². The topological polar surface area (TPSA) is 15.3 Å². The lowest BCUT2D eigenvalue weighted by atomic mass is 9.74. The fraction of sp³-hybridized carbons (Fsp3) is 0.867. The van der Waals surface area contributed by atoms with Crippen LogP contribution >= 0.6 is 0 Å². The third-order valence-corrected chi connectivity index (χ3v) is 3.77. The summed E-state index contributed by atoms with van der Waals surface area (Å²) in [6, 6.07) is 0. The first-order chi connectivity index (χ1) is 7.97. The highest BCUT2D eigenvalue weighted by molar-refractivity contribution is 5.00. The third kappa shape index (κ3) is 4.81. The maximum absolute atomic E-state index is 4.10. The summed E-state index contributed by atoms with van der Waals surface area (Å²) in [5.74, 6) is 0.785. The van der Waals surface area contributed by atoms with Crippen molar-refractivity contribution < 1.29 is 0 Å². The van der Waals surface area contributed by atoms with Gasteiger partial charge in [-0.1, -0.05) is 19.4 Å². The van der Waals surface area contributed by atoms with Gasteiger partial charge in [-0.2, -0.15) is 0 Å². The van der Waals surface area contributed by atoms with E-state index in [9.17, 15) is 0 Å². The molecule has 2 nitrogen and oxygen atoms in total. The van der Waals surface area contributed by atoms with E-state index in [1.54, 1.807) is 0 Å². The molecule has 0 aromatic carbocycles. The number of rotatable bonds is 6. The molecule has 0 aliphatic carbocycles. The lowest BCUT2D eigenvalue weighted by Crippen LogP contribution is -2.45. The van der Waals surface area contributed by atoms with Gasteiger partial charge in [0, 0.05) is 13.1 Å². The van der Waals surface area contributed by atoms with Crippen molar-refractivity contribution in [3.63, 3.8) is 0 Å². The first kappa shape index (κ1) is 14.7. The van der Waals surface area contributed by atoms with E-state index in [0.717, 1.165) is 12.5 Å². The molecular weight excluding hydrogens is 208 g/mol. The van der Waals surface area contributed by atoms with Crippen LogP contribution in [0.25, 0.3) is 0 Å². The Morgan fingerprint density at radius 3 is 2.35 bits per heavy atom. The van der Waals surface area contributed by atoms with Crippen molar-refractivity contribution in [2.45, 2.75) is 40.0 Å². The summed E-state index contributed by atoms with van der Waals surface area (Å²) in [6.45, 7) is 15.8. The molecule has 1 aliphatic rings. The molecule has 0 aromatic rings. The van der Waals surface area contributed by atoms with Crippen molar-refractivity contribution >= 4 is 0 Å². The number of allylic oxidation sites excluding steroid dienone is 1. The second kappa shape index (κ2) is 6.55. The number of nitrogens with zero attached hydrogens (tertiary/aromatic N) is 1. The van der Waals surface area contributed by atoms with Gasteiger partial charge in [0.05, 0.1) is 0 Å². The first-order valence-electron chi connectivity index (χ1n) is 6.99. The third-order valence-electron chi connectivity index (χ3n) is 3.77. The smallest absolute Gasteiger partial charge is 0.000883 e. The van der Waals surface area contributed by atoms with Crippen molar-refractivity contribution in [2.24, 2.45) is 11.3 Å². The Kier molecular flexibility index (Phi) is 5.68. The Labute approximate surface area is 107 Å². The van der Waals surface area contributed by atoms with Crippen molar-refractivity contribution in [2.75, 3.05) is 33.2 Å². The van der Waals surface area contributed by atoms with E-state index in [4.69, 9.17) is 0 Å². The minimum absolute atomic E-state index is 0.466. The summed E-state index contributed by atoms with van der Waals surface area (Å²) in [7, 11) is 2.07. The molecule has 0 amide bonds. The number of likely N-dealkylation sites (tertiary alicyclic amines) is 1. The van der Waals surface area contributed by atoms with Crippen molar-refractivity contribution in [3.05, 3.63) is 12.2 Å². The summed E-state index contributed by atoms with van der Waals surface area (Å²) >= 11 is 0. The number of hydrogen-bond acceptors (Lipinski definition) is 2. The average Bonchev–Trinajstić information content (AvgIpc) is 2.20. The molecule has 1 heterocycles. The monoisotopic (exact) mass is 238 g/mol. The van der Waals surface area contributed by atoms with Crippen LogP contribution in [-0.4, -0.2) is 38.1 Å². The molecule has 0 radical (unpaired) electrons. The summed E-state index contributed by atoms with van der Waals surface area (Å²) in [5.41, 5.74) is 1.80. The molecule has 0 bridgehead atoms. The van der Waals surface area contributed by atoms with Crippen LogP contribution in [0.2, 0.25) is 0 Å². The van der Waals surface area contributed by atoms with Crippen LogP contribution in [0.3, 0.4) is 0 Å². The molecule has 2 heteroatoms. The van der Waals surface area contributed by atoms with Gasteiger partial charge < -0.3 is 10.2 Å². The van der Waals surface area contributed by atoms with Crippen LogP contribution in [0.15, 0.2) is 12.2 Å². The fourth-order valence-corrected chi connectivity index (χ4v) is 3.16. The Bertz CT molecular complexity index is 237. The second-order valence-electron chi connectivity index (χ2n) is 6.36. The molecule has 17 heavy (non-hydrogen) atoms. The molecule has 0 aromatic heterocycles. The molecule has 0 atom stereocenters. The van der Waals surface area contributed by atoms with Gasteiger partial charge in [0.15, 0.2) is 0 Å². The number of nitrogens with one attached hydrogen (secondary N) is 1. The number of piperidine rings is 1. The molecule has 1 rings (SSSR count). The molecule has 0 unspecified atom stereocenters. The molecular formula is C15H30N2. The zero-order chi connectivity index (χ0) is 12.9. The van der Waals surface area contributed by atoms with Crippen molar-refractivity contribution in [1.82, 2.24) is 10.2 Å². The van der Waals surface area contributed by atoms with Gasteiger partial charge in [-0.25, -0.2) is 0 Å². The Morgan fingerprint density at radius 1 is 1.35 bits per heavy atom. The summed E-state index contributed by atoms with van der Waals surface area (Å²) in [5, 5.41) is 3.38. The van der Waals surface area contributed by atoms with E-state index in [0.29, 0.717) is 5.41 Å². The lowest BCUT2D eigenvalue weighted by molar-refractivity contribution is 0.0951. The summed E-state index contributed by atoms with van der Waals surface area (Å²) in [4.78, 5) is 2.62. The van der Waals surface area contributed by atoms with Gasteiger partial charge in [-0.15, -0.1) is 6.58 Å². The van der Waals surface area contributed by atoms with Crippen molar-refractivity contribution in [1.29, 1.82) is 0 Å². The van der Waals surface area contributed by atoms with Crippen molar-refractivity contribution in [3.8, 4) is 0 Å². The van der Waals surface area contributed by atoms with Crippen LogP contribution in [0.4, 0.5) is 0 Å². The van der Waals surface area contributed by atoms with Crippen LogP contribution in [0.1, 0.15) is 40.0 Å². The zero-order valence-corrected chi connectivity index (χ0v) is 12.2. The van der Waals surface area contributed by atoms with E-state index < -0.39 is 0 Å². The van der Waals surface area contributed by atoms with Gasteiger partial charge in [0.25, 0.3) is 0 Å². The minimum atomic E-state index is 0.466. The van der Waals surface area contributed by atoms with E-state index in [2.05, 4.69) is 44.6 Å². The molecule has 1 aliphatic heterocycles. The molecule has 1 saturated heterocycles. The molecule has 0 saturated carbocycles. The highest BCUT2D eigenvalue weighted by Crippen LogP contribution is 2.36. The Hall–Kier alpha value is -0.340. The Morgan fingerprint density at radius 2 is 1.94 bits per heavy atom. The predicted molar refractivity (Wildman–Crippen MR) is 76.3 cm³/mol. The minimum Gasteiger partial charge on any atom is -0.319 e. The maximum Gasteiger partial charge on any atom is 0.000883 e. The predicted octanol–water partition coefficient (Wildman–Crippen LogP) is 2.91. The molecule has 100 valence electrons. The fourth-order valence-electron chi connectivity index (χ4n) is 3.16. The van der Waals surface area contributed by atoms with Crippen LogP contribution in [0, 0.1) is 11.3 Å². The number of hydrogen-bond donors (Lipinski definition) is 1. The van der Waals surface area contributed by atoms with E-state index in [-0.39, 0.29) is 0 Å². The Balaban J connectivity index is 2.51. The highest BCUT2D eigenvalue weighted by Gasteiger charge is 2.33. The van der Waals surface area contributed by atoms with E-state index >= 15 is 0 Å². The maximum atomic E-state index is 4.10. The molecule has 0 spiro atoms. The lowest BCUT2D eigenvalue weighted by Gasteiger charge is -2.42. The van der Waals surface area contributed by atoms with Crippen LogP contribution in [0.5, 0.6) is 0 Å². The normalized spacial score (nSPS) is 20.8. The van der Waals surface area contributed by atoms with Crippen LogP contribution < -0.4 is 5.32 Å².